The lowest BCUT2D eigenvalue weighted by Crippen LogP contribution is -2.07. The van der Waals surface area contributed by atoms with Crippen LogP contribution in [0.5, 0.6) is 0 Å². The van der Waals surface area contributed by atoms with Crippen LogP contribution in [0.25, 0.3) is 0 Å². The highest BCUT2D eigenvalue weighted by Gasteiger charge is 2.14. The average molecular weight is 173 g/mol. The van der Waals surface area contributed by atoms with Crippen LogP contribution in [0.3, 0.4) is 0 Å². The molecule has 0 aliphatic rings. The summed E-state index contributed by atoms with van der Waals surface area (Å²) >= 11 is 6.62. The molecule has 0 saturated heterocycles. The number of H-pyrrole nitrogens is 1. The maximum atomic E-state index is 4.96. The molecule has 0 atom stereocenters. The van der Waals surface area contributed by atoms with E-state index in [-0.39, 0.29) is 5.41 Å². The Bertz CT molecular complexity index is 264. The lowest BCUT2D eigenvalue weighted by atomic mass is 9.96. The first-order chi connectivity index (χ1) is 4.50. The van der Waals surface area contributed by atoms with Crippen molar-refractivity contribution in [1.29, 1.82) is 0 Å². The number of hydrogen-bond acceptors (Lipinski definition) is 2. The minimum atomic E-state index is 0.234. The summed E-state index contributed by atoms with van der Waals surface area (Å²) in [5.74, 6) is 0. The lowest BCUT2D eigenvalue weighted by Gasteiger charge is -2.14. The van der Waals surface area contributed by atoms with Gasteiger partial charge in [0.05, 0.1) is 0 Å². The Kier molecular flexibility index (Phi) is 1.97. The third kappa shape index (κ3) is 1.67. The first kappa shape index (κ1) is 7.95. The highest BCUT2D eigenvalue weighted by atomic mass is 32.1. The van der Waals surface area contributed by atoms with Gasteiger partial charge in [0.1, 0.15) is 0 Å². The van der Waals surface area contributed by atoms with Crippen molar-refractivity contribution < 1.29 is 0 Å². The average Bonchev–Trinajstić information content (AvgIpc) is 2.11. The van der Waals surface area contributed by atoms with E-state index >= 15 is 0 Å². The third-order valence-corrected chi connectivity index (χ3v) is 2.88. The van der Waals surface area contributed by atoms with Gasteiger partial charge in [-0.15, -0.1) is 11.3 Å². The predicted molar refractivity (Wildman–Crippen MR) is 48.2 cm³/mol. The fraction of sp³-hybridized carbons (Fsp3) is 0.571. The van der Waals surface area contributed by atoms with Crippen molar-refractivity contribution in [1.82, 2.24) is 4.98 Å². The molecule has 1 heterocycles. The fourth-order valence-electron chi connectivity index (χ4n) is 0.653. The highest BCUT2D eigenvalue weighted by Crippen LogP contribution is 2.25. The summed E-state index contributed by atoms with van der Waals surface area (Å²) < 4.78 is 0.866. The molecule has 0 unspecified atom stereocenters. The fourth-order valence-corrected chi connectivity index (χ4v) is 1.72. The van der Waals surface area contributed by atoms with E-state index in [0.29, 0.717) is 0 Å². The highest BCUT2D eigenvalue weighted by molar-refractivity contribution is 7.73. The van der Waals surface area contributed by atoms with Crippen molar-refractivity contribution in [2.24, 2.45) is 0 Å². The second-order valence-electron chi connectivity index (χ2n) is 3.29. The zero-order chi connectivity index (χ0) is 7.78. The molecule has 0 radical (unpaired) electrons. The van der Waals surface area contributed by atoms with Crippen molar-refractivity contribution in [3.8, 4) is 0 Å². The molecule has 0 aromatic carbocycles. The summed E-state index contributed by atoms with van der Waals surface area (Å²) in [6, 6.07) is 0. The van der Waals surface area contributed by atoms with Gasteiger partial charge in [0.2, 0.25) is 0 Å². The van der Waals surface area contributed by atoms with Gasteiger partial charge in [-0.3, -0.25) is 0 Å². The number of aromatic nitrogens is 1. The van der Waals surface area contributed by atoms with Crippen molar-refractivity contribution in [3.63, 3.8) is 0 Å². The van der Waals surface area contributed by atoms with E-state index in [1.807, 2.05) is 6.20 Å². The zero-order valence-corrected chi connectivity index (χ0v) is 8.03. The van der Waals surface area contributed by atoms with Crippen LogP contribution in [0.1, 0.15) is 25.6 Å². The van der Waals surface area contributed by atoms with E-state index in [2.05, 4.69) is 25.8 Å². The van der Waals surface area contributed by atoms with E-state index in [9.17, 15) is 0 Å². The van der Waals surface area contributed by atoms with Gasteiger partial charge in [-0.2, -0.15) is 0 Å². The van der Waals surface area contributed by atoms with Gasteiger partial charge in [-0.25, -0.2) is 0 Å². The molecular weight excluding hydrogens is 162 g/mol. The van der Waals surface area contributed by atoms with Crippen LogP contribution in [0, 0.1) is 3.95 Å². The molecule has 3 heteroatoms. The van der Waals surface area contributed by atoms with Crippen LogP contribution >= 0.6 is 23.6 Å². The molecule has 0 aliphatic heterocycles. The van der Waals surface area contributed by atoms with Gasteiger partial charge in [0, 0.05) is 11.1 Å². The molecule has 1 N–H and O–H groups in total. The van der Waals surface area contributed by atoms with Gasteiger partial charge >= 0.3 is 0 Å². The third-order valence-electron chi connectivity index (χ3n) is 1.26. The molecule has 1 aromatic rings. The molecule has 0 spiro atoms. The summed E-state index contributed by atoms with van der Waals surface area (Å²) in [7, 11) is 0. The van der Waals surface area contributed by atoms with Crippen LogP contribution in [0.2, 0.25) is 0 Å². The molecule has 1 aromatic heterocycles. The summed E-state index contributed by atoms with van der Waals surface area (Å²) in [5.41, 5.74) is 0.234. The monoisotopic (exact) mass is 173 g/mol. The Morgan fingerprint density at radius 3 is 2.30 bits per heavy atom. The summed E-state index contributed by atoms with van der Waals surface area (Å²) in [6.45, 7) is 6.55. The summed E-state index contributed by atoms with van der Waals surface area (Å²) in [6.07, 6.45) is 1.99. The lowest BCUT2D eigenvalue weighted by molar-refractivity contribution is 0.602. The molecule has 0 amide bonds. The maximum Gasteiger partial charge on any atom is 0.158 e. The van der Waals surface area contributed by atoms with Crippen LogP contribution in [0.4, 0.5) is 0 Å². The van der Waals surface area contributed by atoms with Crippen molar-refractivity contribution in [2.45, 2.75) is 26.2 Å². The minimum Gasteiger partial charge on any atom is -0.343 e. The van der Waals surface area contributed by atoms with Gasteiger partial charge < -0.3 is 4.98 Å². The molecular formula is C7H11NS2. The molecule has 0 saturated carbocycles. The van der Waals surface area contributed by atoms with Crippen molar-refractivity contribution in [2.75, 3.05) is 0 Å². The van der Waals surface area contributed by atoms with E-state index in [1.54, 1.807) is 11.3 Å². The normalized spacial score (nSPS) is 11.9. The molecule has 0 fully saturated rings. The van der Waals surface area contributed by atoms with E-state index in [1.165, 1.54) is 4.88 Å². The second-order valence-corrected chi connectivity index (χ2v) is 5.01. The Morgan fingerprint density at radius 1 is 1.50 bits per heavy atom. The molecule has 1 rings (SSSR count). The van der Waals surface area contributed by atoms with Crippen LogP contribution in [0.15, 0.2) is 6.20 Å². The zero-order valence-electron chi connectivity index (χ0n) is 6.39. The Hall–Kier alpha value is -0.150. The van der Waals surface area contributed by atoms with Crippen LogP contribution in [-0.4, -0.2) is 4.98 Å². The standard InChI is InChI=1S/C7H11NS2/c1-7(2,3)5-4-8-6(9)10-5/h4H,1-3H3,(H,8,9). The van der Waals surface area contributed by atoms with Crippen molar-refractivity contribution >= 4 is 23.6 Å². The van der Waals surface area contributed by atoms with Gasteiger partial charge in [0.15, 0.2) is 3.95 Å². The molecule has 0 bridgehead atoms. The van der Waals surface area contributed by atoms with Gasteiger partial charge in [-0.05, 0) is 17.6 Å². The number of rotatable bonds is 0. The minimum absolute atomic E-state index is 0.234. The SMILES string of the molecule is CC(C)(C)c1c[nH]c(=S)s1. The molecule has 10 heavy (non-hydrogen) atoms. The smallest absolute Gasteiger partial charge is 0.158 e. The second kappa shape index (κ2) is 2.47. The van der Waals surface area contributed by atoms with E-state index in [4.69, 9.17) is 12.2 Å². The molecule has 0 aliphatic carbocycles. The molecule has 1 nitrogen and oxygen atoms in total. The number of nitrogens with one attached hydrogen (secondary N) is 1. The first-order valence-corrected chi connectivity index (χ1v) is 4.41. The number of hydrogen-bond donors (Lipinski definition) is 1. The van der Waals surface area contributed by atoms with E-state index in [0.717, 1.165) is 3.95 Å². The van der Waals surface area contributed by atoms with Crippen LogP contribution < -0.4 is 0 Å². The van der Waals surface area contributed by atoms with Crippen molar-refractivity contribution in [3.05, 3.63) is 15.0 Å². The number of aromatic amines is 1. The first-order valence-electron chi connectivity index (χ1n) is 3.19. The number of thiazole rings is 1. The summed E-state index contributed by atoms with van der Waals surface area (Å²) in [5, 5.41) is 0. The Balaban J connectivity index is 3.07. The largest absolute Gasteiger partial charge is 0.343 e. The quantitative estimate of drug-likeness (QED) is 0.596. The Labute approximate surface area is 70.1 Å². The van der Waals surface area contributed by atoms with E-state index < -0.39 is 0 Å². The van der Waals surface area contributed by atoms with Gasteiger partial charge in [-0.1, -0.05) is 20.8 Å². The topological polar surface area (TPSA) is 15.8 Å². The maximum absolute atomic E-state index is 4.96. The van der Waals surface area contributed by atoms with Gasteiger partial charge in [0.25, 0.3) is 0 Å². The summed E-state index contributed by atoms with van der Waals surface area (Å²) in [4.78, 5) is 4.33. The van der Waals surface area contributed by atoms with Crippen LogP contribution in [-0.2, 0) is 5.41 Å². The predicted octanol–water partition coefficient (Wildman–Crippen LogP) is 3.10. The Morgan fingerprint density at radius 2 is 2.10 bits per heavy atom. The molecule has 56 valence electrons.